The number of nitrogen functional groups attached to an aromatic ring is 1. The van der Waals surface area contributed by atoms with Crippen molar-refractivity contribution < 1.29 is 9.53 Å². The number of aryl methyl sites for hydroxylation is 1. The molecule has 5 heteroatoms. The molecule has 0 saturated heterocycles. The number of hydrogen-bond acceptors (Lipinski definition) is 3. The van der Waals surface area contributed by atoms with Crippen molar-refractivity contribution in [3.8, 4) is 5.75 Å². The van der Waals surface area contributed by atoms with Gasteiger partial charge in [-0.1, -0.05) is 23.7 Å². The number of rotatable bonds is 4. The molecule has 0 bridgehead atoms. The van der Waals surface area contributed by atoms with Crippen LogP contribution in [0, 0.1) is 6.92 Å². The van der Waals surface area contributed by atoms with E-state index in [4.69, 9.17) is 22.1 Å². The largest absolute Gasteiger partial charge is 0.484 e. The molecule has 3 N–H and O–H groups in total. The number of nitrogens with two attached hydrogens (primary N) is 1. The van der Waals surface area contributed by atoms with Crippen LogP contribution in [-0.4, -0.2) is 12.5 Å². The third kappa shape index (κ3) is 3.90. The van der Waals surface area contributed by atoms with Crippen molar-refractivity contribution in [2.75, 3.05) is 17.7 Å². The normalized spacial score (nSPS) is 10.1. The first kappa shape index (κ1) is 14.2. The molecule has 0 saturated carbocycles. The maximum atomic E-state index is 11.8. The maximum absolute atomic E-state index is 11.8. The van der Waals surface area contributed by atoms with Gasteiger partial charge >= 0.3 is 0 Å². The average molecular weight is 291 g/mol. The molecule has 0 heterocycles. The van der Waals surface area contributed by atoms with E-state index >= 15 is 0 Å². The zero-order valence-corrected chi connectivity index (χ0v) is 11.8. The highest BCUT2D eigenvalue weighted by Gasteiger charge is 2.07. The molecule has 2 aromatic rings. The van der Waals surface area contributed by atoms with E-state index in [2.05, 4.69) is 5.32 Å². The van der Waals surface area contributed by atoms with E-state index in [1.807, 2.05) is 13.0 Å². The summed E-state index contributed by atoms with van der Waals surface area (Å²) in [5.41, 5.74) is 7.81. The summed E-state index contributed by atoms with van der Waals surface area (Å²) in [6.45, 7) is 1.83. The van der Waals surface area contributed by atoms with E-state index in [0.29, 0.717) is 22.1 Å². The Morgan fingerprint density at radius 2 is 2.10 bits per heavy atom. The molecule has 0 fully saturated rings. The Bertz CT molecular complexity index is 629. The van der Waals surface area contributed by atoms with Gasteiger partial charge in [-0.25, -0.2) is 0 Å². The lowest BCUT2D eigenvalue weighted by molar-refractivity contribution is -0.118. The van der Waals surface area contributed by atoms with Crippen molar-refractivity contribution in [2.45, 2.75) is 6.92 Å². The Morgan fingerprint density at radius 3 is 2.80 bits per heavy atom. The predicted octanol–water partition coefficient (Wildman–Crippen LogP) is 3.25. The van der Waals surface area contributed by atoms with Gasteiger partial charge in [-0.3, -0.25) is 4.79 Å². The Kier molecular flexibility index (Phi) is 4.48. The number of carbonyl (C=O) groups is 1. The highest BCUT2D eigenvalue weighted by molar-refractivity contribution is 6.33. The van der Waals surface area contributed by atoms with Gasteiger partial charge in [0.1, 0.15) is 5.75 Å². The fourth-order valence-corrected chi connectivity index (χ4v) is 1.94. The van der Waals surface area contributed by atoms with Crippen LogP contribution in [-0.2, 0) is 4.79 Å². The molecule has 2 aromatic carbocycles. The van der Waals surface area contributed by atoms with Crippen LogP contribution in [0.25, 0.3) is 0 Å². The van der Waals surface area contributed by atoms with Crippen molar-refractivity contribution >= 4 is 28.9 Å². The lowest BCUT2D eigenvalue weighted by Gasteiger charge is -2.09. The topological polar surface area (TPSA) is 64.3 Å². The van der Waals surface area contributed by atoms with Crippen LogP contribution in [0.1, 0.15) is 5.56 Å². The highest BCUT2D eigenvalue weighted by atomic mass is 35.5. The van der Waals surface area contributed by atoms with Gasteiger partial charge in [0.15, 0.2) is 6.61 Å². The molecule has 0 aliphatic rings. The smallest absolute Gasteiger partial charge is 0.262 e. The number of anilines is 2. The number of ether oxygens (including phenoxy) is 1. The lowest BCUT2D eigenvalue weighted by Crippen LogP contribution is -2.20. The molecule has 104 valence electrons. The van der Waals surface area contributed by atoms with Crippen LogP contribution in [0.2, 0.25) is 5.02 Å². The lowest BCUT2D eigenvalue weighted by atomic mass is 10.2. The first-order valence-electron chi connectivity index (χ1n) is 6.09. The quantitative estimate of drug-likeness (QED) is 0.850. The Morgan fingerprint density at radius 1 is 1.30 bits per heavy atom. The number of nitrogens with one attached hydrogen (secondary N) is 1. The zero-order chi connectivity index (χ0) is 14.5. The highest BCUT2D eigenvalue weighted by Crippen LogP contribution is 2.22. The number of hydrogen-bond donors (Lipinski definition) is 2. The summed E-state index contributed by atoms with van der Waals surface area (Å²) in [5.74, 6) is 0.272. The second kappa shape index (κ2) is 6.30. The van der Waals surface area contributed by atoms with Gasteiger partial charge in [0.05, 0.1) is 10.7 Å². The van der Waals surface area contributed by atoms with Gasteiger partial charge in [0, 0.05) is 11.8 Å². The molecule has 0 atom stereocenters. The summed E-state index contributed by atoms with van der Waals surface area (Å²) in [7, 11) is 0. The predicted molar refractivity (Wildman–Crippen MR) is 81.2 cm³/mol. The van der Waals surface area contributed by atoms with Crippen LogP contribution in [0.4, 0.5) is 11.4 Å². The minimum Gasteiger partial charge on any atom is -0.484 e. The van der Waals surface area contributed by atoms with Gasteiger partial charge in [-0.05, 0) is 36.8 Å². The maximum Gasteiger partial charge on any atom is 0.262 e. The van der Waals surface area contributed by atoms with Crippen molar-refractivity contribution in [3.05, 3.63) is 53.1 Å². The first-order chi connectivity index (χ1) is 9.54. The molecular formula is C15H15ClN2O2. The molecule has 20 heavy (non-hydrogen) atoms. The Balaban J connectivity index is 1.92. The van der Waals surface area contributed by atoms with Gasteiger partial charge in [-0.15, -0.1) is 0 Å². The molecule has 4 nitrogen and oxygen atoms in total. The minimum absolute atomic E-state index is 0.104. The third-order valence-corrected chi connectivity index (χ3v) is 2.94. The molecule has 0 spiro atoms. The van der Waals surface area contributed by atoms with Crippen LogP contribution in [0.3, 0.4) is 0 Å². The number of amides is 1. The van der Waals surface area contributed by atoms with E-state index in [0.717, 1.165) is 5.56 Å². The van der Waals surface area contributed by atoms with Crippen LogP contribution >= 0.6 is 11.6 Å². The van der Waals surface area contributed by atoms with E-state index in [9.17, 15) is 4.79 Å². The fraction of sp³-hybridized carbons (Fsp3) is 0.133. The van der Waals surface area contributed by atoms with Crippen molar-refractivity contribution in [1.29, 1.82) is 0 Å². The Hall–Kier alpha value is -2.20. The summed E-state index contributed by atoms with van der Waals surface area (Å²) < 4.78 is 5.35. The van der Waals surface area contributed by atoms with Gasteiger partial charge in [0.25, 0.3) is 5.91 Å². The minimum atomic E-state index is -0.279. The molecule has 2 rings (SSSR count). The number of benzene rings is 2. The van der Waals surface area contributed by atoms with Gasteiger partial charge in [0.2, 0.25) is 0 Å². The van der Waals surface area contributed by atoms with Crippen LogP contribution < -0.4 is 15.8 Å². The molecule has 1 amide bonds. The summed E-state index contributed by atoms with van der Waals surface area (Å²) in [4.78, 5) is 11.8. The summed E-state index contributed by atoms with van der Waals surface area (Å²) in [6, 6.07) is 12.3. The SMILES string of the molecule is Cc1ccc(NC(=O)COc2cccc(N)c2)c(Cl)c1. The standard InChI is InChI=1S/C15H15ClN2O2/c1-10-5-6-14(13(16)7-10)18-15(19)9-20-12-4-2-3-11(17)8-12/h2-8H,9,17H2,1H3,(H,18,19). The molecular weight excluding hydrogens is 276 g/mol. The molecule has 0 aliphatic heterocycles. The van der Waals surface area contributed by atoms with Crippen LogP contribution in [0.5, 0.6) is 5.75 Å². The Labute approximate surface area is 122 Å². The van der Waals surface area contributed by atoms with E-state index in [1.54, 1.807) is 36.4 Å². The second-order valence-electron chi connectivity index (χ2n) is 4.39. The van der Waals surface area contributed by atoms with E-state index in [-0.39, 0.29) is 12.5 Å². The monoisotopic (exact) mass is 290 g/mol. The number of carbonyl (C=O) groups excluding carboxylic acids is 1. The van der Waals surface area contributed by atoms with Crippen LogP contribution in [0.15, 0.2) is 42.5 Å². The van der Waals surface area contributed by atoms with Crippen molar-refractivity contribution in [2.24, 2.45) is 0 Å². The summed E-state index contributed by atoms with van der Waals surface area (Å²) in [6.07, 6.45) is 0. The fourth-order valence-electron chi connectivity index (χ4n) is 1.66. The van der Waals surface area contributed by atoms with Gasteiger partial charge < -0.3 is 15.8 Å². The average Bonchev–Trinajstić information content (AvgIpc) is 2.40. The summed E-state index contributed by atoms with van der Waals surface area (Å²) in [5, 5.41) is 3.20. The summed E-state index contributed by atoms with van der Waals surface area (Å²) >= 11 is 6.04. The van der Waals surface area contributed by atoms with Crippen molar-refractivity contribution in [1.82, 2.24) is 0 Å². The number of halogens is 1. The third-order valence-electron chi connectivity index (χ3n) is 2.63. The second-order valence-corrected chi connectivity index (χ2v) is 4.80. The van der Waals surface area contributed by atoms with E-state index in [1.165, 1.54) is 0 Å². The molecule has 0 aromatic heterocycles. The van der Waals surface area contributed by atoms with E-state index < -0.39 is 0 Å². The first-order valence-corrected chi connectivity index (χ1v) is 6.47. The molecule has 0 radical (unpaired) electrons. The zero-order valence-electron chi connectivity index (χ0n) is 11.0. The van der Waals surface area contributed by atoms with Gasteiger partial charge in [-0.2, -0.15) is 0 Å². The van der Waals surface area contributed by atoms with Crippen molar-refractivity contribution in [3.63, 3.8) is 0 Å². The molecule has 0 unspecified atom stereocenters. The molecule has 0 aliphatic carbocycles.